The lowest BCUT2D eigenvalue weighted by Crippen LogP contribution is -2.15. The highest BCUT2D eigenvalue weighted by molar-refractivity contribution is 7.99. The number of carbonyl (C=O) groups excluding carboxylic acids is 1. The number of nitrogens with one attached hydrogen (secondary N) is 1. The van der Waals surface area contributed by atoms with Crippen molar-refractivity contribution in [1.29, 1.82) is 0 Å². The first-order chi connectivity index (χ1) is 14.5. The molecule has 0 unspecified atom stereocenters. The van der Waals surface area contributed by atoms with E-state index in [4.69, 9.17) is 0 Å². The van der Waals surface area contributed by atoms with Crippen LogP contribution >= 0.6 is 11.8 Å². The molecule has 0 aliphatic rings. The van der Waals surface area contributed by atoms with Crippen LogP contribution in [-0.4, -0.2) is 31.4 Å². The molecule has 2 heterocycles. The van der Waals surface area contributed by atoms with Crippen LogP contribution in [0.15, 0.2) is 66.2 Å². The molecule has 6 nitrogen and oxygen atoms in total. The Bertz CT molecular complexity index is 1180. The Kier molecular flexibility index (Phi) is 5.81. The predicted octanol–water partition coefficient (Wildman–Crippen LogP) is 4.98. The molecule has 7 heteroatoms. The van der Waals surface area contributed by atoms with E-state index in [0.29, 0.717) is 11.1 Å². The molecule has 2 aromatic heterocycles. The minimum absolute atomic E-state index is 0.0984. The minimum Gasteiger partial charge on any atom is -0.325 e. The summed E-state index contributed by atoms with van der Waals surface area (Å²) in [4.78, 5) is 17.0. The van der Waals surface area contributed by atoms with Crippen molar-refractivity contribution in [3.05, 3.63) is 72.2 Å². The number of nitrogens with zero attached hydrogens (tertiary/aromatic N) is 4. The van der Waals surface area contributed by atoms with Crippen LogP contribution in [0.25, 0.3) is 16.6 Å². The van der Waals surface area contributed by atoms with Crippen LogP contribution in [0.3, 0.4) is 0 Å². The fourth-order valence-corrected chi connectivity index (χ4v) is 3.99. The molecule has 4 rings (SSSR count). The Hall–Kier alpha value is -3.19. The summed E-state index contributed by atoms with van der Waals surface area (Å²) in [6, 6.07) is 16.0. The number of aromatic nitrogens is 4. The maximum absolute atomic E-state index is 12.6. The number of thioether (sulfide) groups is 1. The second-order valence-corrected chi connectivity index (χ2v) is 8.34. The van der Waals surface area contributed by atoms with Gasteiger partial charge in [-0.25, -0.2) is 0 Å². The van der Waals surface area contributed by atoms with E-state index in [-0.39, 0.29) is 11.7 Å². The number of aryl methyl sites for hydroxylation is 1. The van der Waals surface area contributed by atoms with Crippen molar-refractivity contribution in [3.8, 4) is 5.69 Å². The monoisotopic (exact) mass is 417 g/mol. The van der Waals surface area contributed by atoms with Crippen molar-refractivity contribution in [2.24, 2.45) is 0 Å². The Morgan fingerprint density at radius 2 is 1.93 bits per heavy atom. The fourth-order valence-electron chi connectivity index (χ4n) is 3.26. The molecule has 0 fully saturated rings. The van der Waals surface area contributed by atoms with Gasteiger partial charge in [0, 0.05) is 17.3 Å². The molecular formula is C23H23N5OS. The number of benzene rings is 2. The van der Waals surface area contributed by atoms with Gasteiger partial charge < -0.3 is 5.32 Å². The Morgan fingerprint density at radius 1 is 1.13 bits per heavy atom. The van der Waals surface area contributed by atoms with Crippen LogP contribution < -0.4 is 5.32 Å². The van der Waals surface area contributed by atoms with Gasteiger partial charge in [-0.1, -0.05) is 43.8 Å². The number of pyridine rings is 1. The number of amides is 1. The fraction of sp³-hybridized carbons (Fsp3) is 0.217. The molecule has 0 atom stereocenters. The number of rotatable bonds is 6. The largest absolute Gasteiger partial charge is 0.325 e. The summed E-state index contributed by atoms with van der Waals surface area (Å²) in [6.07, 6.45) is 3.43. The van der Waals surface area contributed by atoms with E-state index in [1.54, 1.807) is 12.5 Å². The lowest BCUT2D eigenvalue weighted by molar-refractivity contribution is -0.113. The van der Waals surface area contributed by atoms with Gasteiger partial charge in [-0.2, -0.15) is 0 Å². The van der Waals surface area contributed by atoms with E-state index < -0.39 is 0 Å². The molecule has 4 aromatic rings. The van der Waals surface area contributed by atoms with Gasteiger partial charge in [-0.3, -0.25) is 14.3 Å². The molecule has 0 radical (unpaired) electrons. The summed E-state index contributed by atoms with van der Waals surface area (Å²) < 4.78 is 1.90. The normalized spacial score (nSPS) is 11.2. The number of anilines is 1. The van der Waals surface area contributed by atoms with Crippen molar-refractivity contribution in [2.45, 2.75) is 31.8 Å². The highest BCUT2D eigenvalue weighted by atomic mass is 32.2. The van der Waals surface area contributed by atoms with Gasteiger partial charge in [0.15, 0.2) is 5.16 Å². The zero-order valence-corrected chi connectivity index (χ0v) is 18.0. The SMILES string of the molecule is Cc1ccc(NC(=O)CSc2nncn2-c2ccc(C(C)C)cc2)c2cccnc12. The molecule has 0 spiro atoms. The molecule has 30 heavy (non-hydrogen) atoms. The summed E-state index contributed by atoms with van der Waals surface area (Å²) in [6.45, 7) is 6.35. The molecule has 0 aliphatic heterocycles. The zero-order valence-electron chi connectivity index (χ0n) is 17.2. The average Bonchev–Trinajstić information content (AvgIpc) is 3.23. The highest BCUT2D eigenvalue weighted by Crippen LogP contribution is 2.26. The second kappa shape index (κ2) is 8.67. The average molecular weight is 418 g/mol. The molecule has 0 saturated carbocycles. The van der Waals surface area contributed by atoms with Gasteiger partial charge in [-0.15, -0.1) is 10.2 Å². The van der Waals surface area contributed by atoms with Crippen LogP contribution in [0.2, 0.25) is 0 Å². The molecule has 1 amide bonds. The lowest BCUT2D eigenvalue weighted by atomic mass is 10.0. The first kappa shape index (κ1) is 20.1. The van der Waals surface area contributed by atoms with Crippen molar-refractivity contribution in [3.63, 3.8) is 0 Å². The van der Waals surface area contributed by atoms with Crippen molar-refractivity contribution >= 4 is 34.3 Å². The van der Waals surface area contributed by atoms with E-state index in [1.807, 2.05) is 47.9 Å². The summed E-state index contributed by atoms with van der Waals surface area (Å²) in [5, 5.41) is 12.8. The zero-order chi connectivity index (χ0) is 21.1. The van der Waals surface area contributed by atoms with E-state index in [2.05, 4.69) is 46.5 Å². The van der Waals surface area contributed by atoms with Gasteiger partial charge in [0.05, 0.1) is 17.0 Å². The van der Waals surface area contributed by atoms with Crippen LogP contribution in [0, 0.1) is 6.92 Å². The molecule has 2 aromatic carbocycles. The predicted molar refractivity (Wildman–Crippen MR) is 121 cm³/mol. The van der Waals surface area contributed by atoms with E-state index >= 15 is 0 Å². The summed E-state index contributed by atoms with van der Waals surface area (Å²) in [5.74, 6) is 0.613. The van der Waals surface area contributed by atoms with Crippen LogP contribution in [-0.2, 0) is 4.79 Å². The van der Waals surface area contributed by atoms with Crippen molar-refractivity contribution in [2.75, 3.05) is 11.1 Å². The quantitative estimate of drug-likeness (QED) is 0.448. The number of hydrogen-bond donors (Lipinski definition) is 1. The molecule has 0 saturated heterocycles. The molecule has 152 valence electrons. The summed E-state index contributed by atoms with van der Waals surface area (Å²) in [5.41, 5.74) is 4.99. The second-order valence-electron chi connectivity index (χ2n) is 7.40. The van der Waals surface area contributed by atoms with E-state index in [0.717, 1.165) is 27.8 Å². The topological polar surface area (TPSA) is 72.7 Å². The highest BCUT2D eigenvalue weighted by Gasteiger charge is 2.12. The Labute approximate surface area is 179 Å². The number of fused-ring (bicyclic) bond motifs is 1. The summed E-state index contributed by atoms with van der Waals surface area (Å²) in [7, 11) is 0. The van der Waals surface area contributed by atoms with Crippen LogP contribution in [0.4, 0.5) is 5.69 Å². The van der Waals surface area contributed by atoms with Gasteiger partial charge in [-0.05, 0) is 54.3 Å². The van der Waals surface area contributed by atoms with Crippen molar-refractivity contribution in [1.82, 2.24) is 19.7 Å². The maximum atomic E-state index is 12.6. The van der Waals surface area contributed by atoms with Gasteiger partial charge in [0.1, 0.15) is 6.33 Å². The lowest BCUT2D eigenvalue weighted by Gasteiger charge is -2.11. The van der Waals surface area contributed by atoms with Crippen molar-refractivity contribution < 1.29 is 4.79 Å². The third-order valence-electron chi connectivity index (χ3n) is 4.93. The van der Waals surface area contributed by atoms with Gasteiger partial charge in [0.2, 0.25) is 5.91 Å². The summed E-state index contributed by atoms with van der Waals surface area (Å²) >= 11 is 1.36. The first-order valence-electron chi connectivity index (χ1n) is 9.80. The van der Waals surface area contributed by atoms with E-state index in [1.165, 1.54) is 17.3 Å². The standard InChI is InChI=1S/C23H23N5OS/c1-15(2)17-7-9-18(10-8-17)28-14-25-27-23(28)30-13-21(29)26-20-11-6-16(3)22-19(20)5-4-12-24-22/h4-12,14-15H,13H2,1-3H3,(H,26,29). The van der Waals surface area contributed by atoms with Crippen LogP contribution in [0.1, 0.15) is 30.9 Å². The van der Waals surface area contributed by atoms with Gasteiger partial charge in [0.25, 0.3) is 0 Å². The Morgan fingerprint density at radius 3 is 2.70 bits per heavy atom. The number of hydrogen-bond acceptors (Lipinski definition) is 5. The molecule has 0 bridgehead atoms. The third kappa shape index (κ3) is 4.21. The van der Waals surface area contributed by atoms with Gasteiger partial charge >= 0.3 is 0 Å². The smallest absolute Gasteiger partial charge is 0.234 e. The molecule has 0 aliphatic carbocycles. The third-order valence-corrected chi connectivity index (χ3v) is 5.88. The first-order valence-corrected chi connectivity index (χ1v) is 10.8. The minimum atomic E-state index is -0.0984. The Balaban J connectivity index is 1.46. The van der Waals surface area contributed by atoms with Crippen LogP contribution in [0.5, 0.6) is 0 Å². The maximum Gasteiger partial charge on any atom is 0.234 e. The number of carbonyl (C=O) groups is 1. The molecular weight excluding hydrogens is 394 g/mol. The molecule has 1 N–H and O–H groups in total. The van der Waals surface area contributed by atoms with E-state index in [9.17, 15) is 4.79 Å².